The molecule has 2 atom stereocenters. The zero-order chi connectivity index (χ0) is 9.40. The number of rotatable bonds is 7. The summed E-state index contributed by atoms with van der Waals surface area (Å²) in [5.41, 5.74) is 0. The van der Waals surface area contributed by atoms with E-state index in [1.165, 1.54) is 0 Å². The molecule has 0 saturated carbocycles. The summed E-state index contributed by atoms with van der Waals surface area (Å²) < 4.78 is 0. The summed E-state index contributed by atoms with van der Waals surface area (Å²) in [5, 5.41) is 1.17. The van der Waals surface area contributed by atoms with Crippen LogP contribution in [0.3, 0.4) is 0 Å². The molecule has 0 saturated heterocycles. The molecule has 12 heavy (non-hydrogen) atoms. The molecule has 0 radical (unpaired) electrons. The van der Waals surface area contributed by atoms with Crippen LogP contribution in [0.15, 0.2) is 25.3 Å². The lowest BCUT2D eigenvalue weighted by atomic mass is 10.3. The van der Waals surface area contributed by atoms with Crippen molar-refractivity contribution in [2.24, 2.45) is 0 Å². The van der Waals surface area contributed by atoms with Gasteiger partial charge in [-0.1, -0.05) is 47.6 Å². The van der Waals surface area contributed by atoms with Crippen LogP contribution in [-0.2, 0) is 0 Å². The molecule has 0 aromatic rings. The number of hydrogen-bond acceptors (Lipinski definition) is 2. The third-order valence-electron chi connectivity index (χ3n) is 1.63. The van der Waals surface area contributed by atoms with Gasteiger partial charge in [0, 0.05) is 10.5 Å². The van der Waals surface area contributed by atoms with E-state index in [0.29, 0.717) is 10.5 Å². The van der Waals surface area contributed by atoms with E-state index in [0.717, 1.165) is 12.8 Å². The van der Waals surface area contributed by atoms with E-state index in [2.05, 4.69) is 27.0 Å². The van der Waals surface area contributed by atoms with Crippen molar-refractivity contribution in [3.05, 3.63) is 25.3 Å². The van der Waals surface area contributed by atoms with Gasteiger partial charge in [-0.2, -0.15) is 0 Å². The second kappa shape index (κ2) is 7.81. The van der Waals surface area contributed by atoms with Crippen LogP contribution in [0.5, 0.6) is 0 Å². The molecule has 0 nitrogen and oxygen atoms in total. The van der Waals surface area contributed by atoms with Gasteiger partial charge in [0.1, 0.15) is 0 Å². The zero-order valence-corrected chi connectivity index (χ0v) is 9.59. The Morgan fingerprint density at radius 3 is 1.50 bits per heavy atom. The van der Waals surface area contributed by atoms with Crippen LogP contribution < -0.4 is 0 Å². The van der Waals surface area contributed by atoms with Gasteiger partial charge in [0.05, 0.1) is 0 Å². The Bertz CT molecular complexity index is 116. The molecule has 0 amide bonds. The first kappa shape index (κ1) is 12.2. The maximum Gasteiger partial charge on any atom is 0.0326 e. The van der Waals surface area contributed by atoms with Crippen LogP contribution in [0.2, 0.25) is 0 Å². The van der Waals surface area contributed by atoms with Gasteiger partial charge in [0.2, 0.25) is 0 Å². The van der Waals surface area contributed by atoms with Crippen LogP contribution in [0.1, 0.15) is 26.7 Å². The fraction of sp³-hybridized carbons (Fsp3) is 0.600. The van der Waals surface area contributed by atoms with Crippen molar-refractivity contribution < 1.29 is 0 Å². The SMILES string of the molecule is C=CC(CC)SSC(C=C)CC. The highest BCUT2D eigenvalue weighted by Crippen LogP contribution is 2.34. The summed E-state index contributed by atoms with van der Waals surface area (Å²) in [6, 6.07) is 0. The minimum absolute atomic E-state index is 0.587. The molecule has 0 aromatic carbocycles. The highest BCUT2D eigenvalue weighted by molar-refractivity contribution is 8.77. The third-order valence-corrected chi connectivity index (χ3v) is 5.11. The Hall–Kier alpha value is 0.180. The van der Waals surface area contributed by atoms with Crippen LogP contribution in [0.4, 0.5) is 0 Å². The average molecular weight is 202 g/mol. The smallest absolute Gasteiger partial charge is 0.0326 e. The highest BCUT2D eigenvalue weighted by atomic mass is 33.1. The predicted molar refractivity (Wildman–Crippen MR) is 63.7 cm³/mol. The highest BCUT2D eigenvalue weighted by Gasteiger charge is 2.06. The van der Waals surface area contributed by atoms with E-state index in [1.807, 2.05) is 33.7 Å². The molecule has 0 spiro atoms. The second-order valence-electron chi connectivity index (χ2n) is 2.56. The van der Waals surface area contributed by atoms with E-state index in [9.17, 15) is 0 Å². The molecule has 2 unspecified atom stereocenters. The van der Waals surface area contributed by atoms with Crippen molar-refractivity contribution in [2.45, 2.75) is 37.2 Å². The number of hydrogen-bond donors (Lipinski definition) is 0. The average Bonchev–Trinajstić information content (AvgIpc) is 2.13. The molecule has 0 aromatic heterocycles. The molecule has 2 heteroatoms. The fourth-order valence-electron chi connectivity index (χ4n) is 0.691. The summed E-state index contributed by atoms with van der Waals surface area (Å²) in [7, 11) is 3.81. The van der Waals surface area contributed by atoms with Gasteiger partial charge in [-0.3, -0.25) is 0 Å². The molecule has 0 aliphatic heterocycles. The largest absolute Gasteiger partial charge is 0.102 e. The first-order valence-electron chi connectivity index (χ1n) is 4.35. The van der Waals surface area contributed by atoms with E-state index < -0.39 is 0 Å². The third kappa shape index (κ3) is 4.94. The molecule has 70 valence electrons. The van der Waals surface area contributed by atoms with Gasteiger partial charge in [-0.25, -0.2) is 0 Å². The van der Waals surface area contributed by atoms with Crippen molar-refractivity contribution >= 4 is 21.6 Å². The van der Waals surface area contributed by atoms with Crippen LogP contribution >= 0.6 is 21.6 Å². The second-order valence-corrected chi connectivity index (χ2v) is 5.31. The van der Waals surface area contributed by atoms with Crippen molar-refractivity contribution in [3.63, 3.8) is 0 Å². The van der Waals surface area contributed by atoms with Gasteiger partial charge in [0.25, 0.3) is 0 Å². The molecular weight excluding hydrogens is 184 g/mol. The molecule has 0 N–H and O–H groups in total. The van der Waals surface area contributed by atoms with Crippen molar-refractivity contribution in [1.29, 1.82) is 0 Å². The standard InChI is InChI=1S/C10H18S2/c1-5-9(6-2)11-12-10(7-3)8-4/h5,7,9-10H,1,3,6,8H2,2,4H3. The fourth-order valence-corrected chi connectivity index (χ4v) is 3.55. The van der Waals surface area contributed by atoms with Crippen LogP contribution in [0.25, 0.3) is 0 Å². The molecule has 0 fully saturated rings. The summed E-state index contributed by atoms with van der Waals surface area (Å²) in [6.07, 6.45) is 6.37. The molecule has 0 heterocycles. The Kier molecular flexibility index (Phi) is 7.93. The van der Waals surface area contributed by atoms with E-state index >= 15 is 0 Å². The Morgan fingerprint density at radius 2 is 1.33 bits per heavy atom. The normalized spacial score (nSPS) is 15.2. The van der Waals surface area contributed by atoms with Gasteiger partial charge < -0.3 is 0 Å². The Morgan fingerprint density at radius 1 is 1.00 bits per heavy atom. The monoisotopic (exact) mass is 202 g/mol. The minimum Gasteiger partial charge on any atom is -0.102 e. The van der Waals surface area contributed by atoms with Gasteiger partial charge >= 0.3 is 0 Å². The topological polar surface area (TPSA) is 0 Å². The summed E-state index contributed by atoms with van der Waals surface area (Å²) in [5.74, 6) is 0. The molecule has 0 aliphatic carbocycles. The van der Waals surface area contributed by atoms with E-state index in [-0.39, 0.29) is 0 Å². The van der Waals surface area contributed by atoms with Crippen LogP contribution in [0, 0.1) is 0 Å². The first-order valence-corrected chi connectivity index (χ1v) is 6.63. The quantitative estimate of drug-likeness (QED) is 0.446. The maximum absolute atomic E-state index is 3.80. The van der Waals surface area contributed by atoms with Crippen molar-refractivity contribution in [3.8, 4) is 0 Å². The lowest BCUT2D eigenvalue weighted by Crippen LogP contribution is -1.97. The lowest BCUT2D eigenvalue weighted by molar-refractivity contribution is 0.978. The summed E-state index contributed by atoms with van der Waals surface area (Å²) in [6.45, 7) is 12.0. The summed E-state index contributed by atoms with van der Waals surface area (Å²) >= 11 is 0. The molecular formula is C10H18S2. The van der Waals surface area contributed by atoms with Gasteiger partial charge in [0.15, 0.2) is 0 Å². The zero-order valence-electron chi connectivity index (χ0n) is 7.95. The minimum atomic E-state index is 0.587. The molecule has 0 rings (SSSR count). The van der Waals surface area contributed by atoms with Crippen LogP contribution in [-0.4, -0.2) is 10.5 Å². The molecule has 0 aliphatic rings. The van der Waals surface area contributed by atoms with E-state index in [4.69, 9.17) is 0 Å². The van der Waals surface area contributed by atoms with Gasteiger partial charge in [-0.15, -0.1) is 13.2 Å². The van der Waals surface area contributed by atoms with Crippen molar-refractivity contribution in [1.82, 2.24) is 0 Å². The van der Waals surface area contributed by atoms with Crippen molar-refractivity contribution in [2.75, 3.05) is 0 Å². The predicted octanol–water partition coefficient (Wildman–Crippen LogP) is 4.30. The summed E-state index contributed by atoms with van der Waals surface area (Å²) in [4.78, 5) is 0. The molecule has 0 bridgehead atoms. The first-order chi connectivity index (χ1) is 5.78. The Balaban J connectivity index is 3.62. The lowest BCUT2D eigenvalue weighted by Gasteiger charge is -2.12. The van der Waals surface area contributed by atoms with E-state index in [1.54, 1.807) is 0 Å². The van der Waals surface area contributed by atoms with Gasteiger partial charge in [-0.05, 0) is 12.8 Å². The maximum atomic E-state index is 3.80. The Labute approximate surface area is 84.3 Å².